The third-order valence-corrected chi connectivity index (χ3v) is 7.16. The third-order valence-electron chi connectivity index (χ3n) is 5.93. The first-order valence-electron chi connectivity index (χ1n) is 11.1. The van der Waals surface area contributed by atoms with Gasteiger partial charge in [0.05, 0.1) is 34.5 Å². The minimum atomic E-state index is -1.01. The molecule has 0 amide bonds. The van der Waals surface area contributed by atoms with Gasteiger partial charge in [0.1, 0.15) is 11.5 Å². The molecule has 1 atom stereocenters. The highest BCUT2D eigenvalue weighted by Gasteiger charge is 2.33. The number of thiazole rings is 1. The number of methoxy groups -OCH3 is 1. The summed E-state index contributed by atoms with van der Waals surface area (Å²) in [7, 11) is 1.29. The molecule has 2 aromatic carbocycles. The van der Waals surface area contributed by atoms with Crippen molar-refractivity contribution in [2.45, 2.75) is 13.0 Å². The summed E-state index contributed by atoms with van der Waals surface area (Å²) in [6.45, 7) is 1.71. The van der Waals surface area contributed by atoms with Crippen molar-refractivity contribution in [1.82, 2.24) is 4.57 Å². The van der Waals surface area contributed by atoms with E-state index in [0.717, 1.165) is 0 Å². The molecule has 0 fully saturated rings. The van der Waals surface area contributed by atoms with Crippen LogP contribution in [0.4, 0.5) is 0 Å². The lowest BCUT2D eigenvalue weighted by molar-refractivity contribution is -0.136. The fourth-order valence-corrected chi connectivity index (χ4v) is 5.30. The van der Waals surface area contributed by atoms with Gasteiger partial charge in [-0.25, -0.2) is 14.6 Å². The third kappa shape index (κ3) is 4.54. The predicted molar refractivity (Wildman–Crippen MR) is 138 cm³/mol. The van der Waals surface area contributed by atoms with E-state index >= 15 is 0 Å². The average Bonchev–Trinajstić information content (AvgIpc) is 3.48. The van der Waals surface area contributed by atoms with E-state index in [9.17, 15) is 14.4 Å². The van der Waals surface area contributed by atoms with Gasteiger partial charge >= 0.3 is 11.9 Å². The number of nitrogens with zero attached hydrogens (tertiary/aromatic N) is 2. The van der Waals surface area contributed by atoms with Crippen molar-refractivity contribution in [3.8, 4) is 11.3 Å². The molecule has 1 aliphatic rings. The van der Waals surface area contributed by atoms with Gasteiger partial charge in [-0.2, -0.15) is 0 Å². The Kier molecular flexibility index (Phi) is 6.41. The number of rotatable bonds is 5. The van der Waals surface area contributed by atoms with Gasteiger partial charge in [0.25, 0.3) is 5.56 Å². The molecule has 0 bridgehead atoms. The maximum Gasteiger partial charge on any atom is 0.338 e. The molecule has 0 spiro atoms. The standard InChI is InChI=1S/C27H19ClN2O6S/c1-14-22(26(34)35-2)23(16-7-9-18(28)10-8-16)30-24(31)21(37-27(30)29-14)13-19-11-12-20(36-19)15-3-5-17(6-4-15)25(32)33/h3-13,23H,1-2H3,(H,32,33)/b21-13-/t23-/m0/s1. The quantitative estimate of drug-likeness (QED) is 0.387. The van der Waals surface area contributed by atoms with Crippen molar-refractivity contribution in [2.24, 2.45) is 4.99 Å². The van der Waals surface area contributed by atoms with Crippen molar-refractivity contribution >= 4 is 41.0 Å². The van der Waals surface area contributed by atoms with E-state index in [2.05, 4.69) is 4.99 Å². The first-order valence-corrected chi connectivity index (χ1v) is 12.3. The smallest absolute Gasteiger partial charge is 0.338 e. The maximum absolute atomic E-state index is 13.6. The maximum atomic E-state index is 13.6. The minimum absolute atomic E-state index is 0.175. The van der Waals surface area contributed by atoms with E-state index in [1.54, 1.807) is 61.5 Å². The normalized spacial score (nSPS) is 15.3. The molecule has 37 heavy (non-hydrogen) atoms. The number of carbonyl (C=O) groups excluding carboxylic acids is 1. The predicted octanol–water partition coefficient (Wildman–Crippen LogP) is 4.02. The summed E-state index contributed by atoms with van der Waals surface area (Å²) in [5.41, 5.74) is 1.97. The first kappa shape index (κ1) is 24.5. The molecule has 0 unspecified atom stereocenters. The van der Waals surface area contributed by atoms with Crippen LogP contribution in [-0.4, -0.2) is 28.7 Å². The Morgan fingerprint density at radius 1 is 1.11 bits per heavy atom. The second kappa shape index (κ2) is 9.68. The van der Waals surface area contributed by atoms with E-state index < -0.39 is 18.0 Å². The van der Waals surface area contributed by atoms with Crippen LogP contribution in [0.25, 0.3) is 17.4 Å². The van der Waals surface area contributed by atoms with Crippen molar-refractivity contribution in [3.05, 3.63) is 114 Å². The minimum Gasteiger partial charge on any atom is -0.478 e. The molecular weight excluding hydrogens is 516 g/mol. The van der Waals surface area contributed by atoms with Crippen molar-refractivity contribution in [2.75, 3.05) is 7.11 Å². The van der Waals surface area contributed by atoms with Crippen LogP contribution in [0.5, 0.6) is 0 Å². The molecule has 0 radical (unpaired) electrons. The number of hydrogen-bond donors (Lipinski definition) is 1. The van der Waals surface area contributed by atoms with Crippen LogP contribution in [0, 0.1) is 0 Å². The fraction of sp³-hybridized carbons (Fsp3) is 0.111. The lowest BCUT2D eigenvalue weighted by atomic mass is 9.96. The number of aromatic nitrogens is 1. The number of allylic oxidation sites excluding steroid dienone is 1. The van der Waals surface area contributed by atoms with Gasteiger partial charge in [-0.1, -0.05) is 47.2 Å². The van der Waals surface area contributed by atoms with Crippen LogP contribution in [0.2, 0.25) is 5.02 Å². The number of ether oxygens (including phenoxy) is 1. The zero-order valence-electron chi connectivity index (χ0n) is 19.6. The van der Waals surface area contributed by atoms with Crippen molar-refractivity contribution in [1.29, 1.82) is 0 Å². The number of carboxylic acids is 1. The highest BCUT2D eigenvalue weighted by atomic mass is 35.5. The molecule has 5 rings (SSSR count). The van der Waals surface area contributed by atoms with E-state index in [-0.39, 0.29) is 16.7 Å². The molecule has 2 aromatic heterocycles. The van der Waals surface area contributed by atoms with Gasteiger partial charge in [-0.15, -0.1) is 0 Å². The number of esters is 1. The summed E-state index contributed by atoms with van der Waals surface area (Å²) in [4.78, 5) is 42.4. The van der Waals surface area contributed by atoms with Gasteiger partial charge < -0.3 is 14.3 Å². The lowest BCUT2D eigenvalue weighted by Gasteiger charge is -2.24. The summed E-state index contributed by atoms with van der Waals surface area (Å²) in [6, 6.07) is 16.0. The number of fused-ring (bicyclic) bond motifs is 1. The summed E-state index contributed by atoms with van der Waals surface area (Å²) < 4.78 is 12.8. The van der Waals surface area contributed by atoms with Crippen LogP contribution >= 0.6 is 22.9 Å². The fourth-order valence-electron chi connectivity index (χ4n) is 4.14. The van der Waals surface area contributed by atoms with Gasteiger partial charge in [0, 0.05) is 16.7 Å². The number of furan rings is 1. The Morgan fingerprint density at radius 3 is 2.46 bits per heavy atom. The van der Waals surface area contributed by atoms with Crippen LogP contribution in [0.15, 0.2) is 86.1 Å². The highest BCUT2D eigenvalue weighted by Crippen LogP contribution is 2.31. The van der Waals surface area contributed by atoms with E-state index in [1.807, 2.05) is 0 Å². The SMILES string of the molecule is COC(=O)C1=C(C)N=c2s/c(=C\c3ccc(-c4ccc(C(=O)O)cc4)o3)c(=O)n2[C@H]1c1ccc(Cl)cc1. The van der Waals surface area contributed by atoms with Crippen LogP contribution in [0.1, 0.15) is 34.6 Å². The van der Waals surface area contributed by atoms with E-state index in [1.165, 1.54) is 35.1 Å². The Labute approximate surface area is 219 Å². The molecule has 1 aliphatic heterocycles. The second-order valence-corrected chi connectivity index (χ2v) is 9.65. The summed E-state index contributed by atoms with van der Waals surface area (Å²) in [6.07, 6.45) is 1.62. The topological polar surface area (TPSA) is 111 Å². The molecule has 1 N–H and O–H groups in total. The van der Waals surface area contributed by atoms with E-state index in [0.29, 0.717) is 42.7 Å². The molecule has 0 saturated heterocycles. The van der Waals surface area contributed by atoms with Gasteiger partial charge in [-0.05, 0) is 48.9 Å². The lowest BCUT2D eigenvalue weighted by Crippen LogP contribution is -2.39. The Morgan fingerprint density at radius 2 is 1.81 bits per heavy atom. The first-order chi connectivity index (χ1) is 17.8. The summed E-state index contributed by atoms with van der Waals surface area (Å²) in [5, 5.41) is 9.62. The van der Waals surface area contributed by atoms with Crippen LogP contribution in [-0.2, 0) is 9.53 Å². The molecular formula is C27H19ClN2O6S. The number of hydrogen-bond acceptors (Lipinski definition) is 7. The largest absolute Gasteiger partial charge is 0.478 e. The van der Waals surface area contributed by atoms with E-state index in [4.69, 9.17) is 25.9 Å². The number of benzene rings is 2. The molecule has 0 saturated carbocycles. The molecule has 186 valence electrons. The van der Waals surface area contributed by atoms with Gasteiger partial charge in [0.2, 0.25) is 0 Å². The monoisotopic (exact) mass is 534 g/mol. The second-order valence-electron chi connectivity index (χ2n) is 8.21. The molecule has 0 aliphatic carbocycles. The highest BCUT2D eigenvalue weighted by molar-refractivity contribution is 7.07. The number of carbonyl (C=O) groups is 2. The van der Waals surface area contributed by atoms with Crippen molar-refractivity contribution < 1.29 is 23.8 Å². The Hall–Kier alpha value is -4.21. The average molecular weight is 535 g/mol. The van der Waals surface area contributed by atoms with Crippen LogP contribution in [0.3, 0.4) is 0 Å². The molecule has 8 nitrogen and oxygen atoms in total. The van der Waals surface area contributed by atoms with Crippen LogP contribution < -0.4 is 14.9 Å². The molecule has 3 heterocycles. The van der Waals surface area contributed by atoms with Gasteiger partial charge in [0.15, 0.2) is 4.80 Å². The summed E-state index contributed by atoms with van der Waals surface area (Å²) in [5.74, 6) is -0.613. The zero-order valence-corrected chi connectivity index (χ0v) is 21.2. The Balaban J connectivity index is 1.60. The van der Waals surface area contributed by atoms with Crippen molar-refractivity contribution in [3.63, 3.8) is 0 Å². The number of carboxylic acid groups (broad SMARTS) is 1. The molecule has 10 heteroatoms. The number of aromatic carboxylic acids is 1. The zero-order chi connectivity index (χ0) is 26.3. The molecule has 4 aromatic rings. The summed E-state index contributed by atoms with van der Waals surface area (Å²) >= 11 is 7.25. The number of halogens is 1. The Bertz CT molecular complexity index is 1740. The van der Waals surface area contributed by atoms with Gasteiger partial charge in [-0.3, -0.25) is 9.36 Å².